The van der Waals surface area contributed by atoms with Gasteiger partial charge < -0.3 is 14.7 Å². The molecule has 5 nitrogen and oxygen atoms in total. The van der Waals surface area contributed by atoms with Crippen LogP contribution in [0.3, 0.4) is 0 Å². The highest BCUT2D eigenvalue weighted by Gasteiger charge is 2.40. The number of piperidine rings is 1. The molecule has 120 valence electrons. The lowest BCUT2D eigenvalue weighted by molar-refractivity contribution is -0.126. The van der Waals surface area contributed by atoms with Gasteiger partial charge in [-0.05, 0) is 44.1 Å². The van der Waals surface area contributed by atoms with Crippen molar-refractivity contribution in [3.05, 3.63) is 35.4 Å². The molecule has 1 aromatic carbocycles. The monoisotopic (exact) mass is 305 g/mol. The minimum Gasteiger partial charge on any atom is -0.450 e. The first-order chi connectivity index (χ1) is 10.5. The fraction of sp³-hybridized carbons (Fsp3) is 0.529. The van der Waals surface area contributed by atoms with Crippen LogP contribution in [0.4, 0.5) is 4.79 Å². The second kappa shape index (κ2) is 6.92. The van der Waals surface area contributed by atoms with Crippen molar-refractivity contribution in [3.63, 3.8) is 0 Å². The number of rotatable bonds is 5. The highest BCUT2D eigenvalue weighted by molar-refractivity contribution is 5.90. The summed E-state index contributed by atoms with van der Waals surface area (Å²) in [4.78, 5) is 25.4. The quantitative estimate of drug-likeness (QED) is 0.847. The lowest BCUT2D eigenvalue weighted by Gasteiger charge is -2.40. The molecule has 1 fully saturated rings. The van der Waals surface area contributed by atoms with E-state index in [2.05, 4.69) is 16.7 Å². The van der Waals surface area contributed by atoms with Crippen LogP contribution in [0.2, 0.25) is 0 Å². The zero-order chi connectivity index (χ0) is 16.2. The van der Waals surface area contributed by atoms with Gasteiger partial charge in [-0.2, -0.15) is 0 Å². The molecule has 0 aromatic heterocycles. The van der Waals surface area contributed by atoms with Crippen molar-refractivity contribution in [2.45, 2.75) is 38.2 Å². The number of Topliss-reactive ketones (excluding diaryl/α,β-unsaturated/α-hetero) is 1. The van der Waals surface area contributed by atoms with Crippen LogP contribution in [0.5, 0.6) is 0 Å². The third-order valence-electron chi connectivity index (χ3n) is 4.54. The molecule has 0 saturated carbocycles. The Bertz CT molecular complexity index is 547. The summed E-state index contributed by atoms with van der Waals surface area (Å²) in [5.74, 6) is 0.261. The van der Waals surface area contributed by atoms with Crippen LogP contribution < -0.4 is 0 Å². The maximum absolute atomic E-state index is 12.6. The first-order valence-electron chi connectivity index (χ1n) is 7.65. The van der Waals surface area contributed by atoms with Gasteiger partial charge in [-0.1, -0.05) is 31.2 Å². The molecule has 0 bridgehead atoms. The van der Waals surface area contributed by atoms with Gasteiger partial charge in [0, 0.05) is 6.42 Å². The van der Waals surface area contributed by atoms with Crippen LogP contribution in [0.1, 0.15) is 37.3 Å². The average molecular weight is 305 g/mol. The number of likely N-dealkylation sites (tertiary alicyclic amines) is 1. The number of hydrogen-bond donors (Lipinski definition) is 1. The highest BCUT2D eigenvalue weighted by Crippen LogP contribution is 2.37. The Kier molecular flexibility index (Phi) is 5.19. The number of carbonyl (C=O) groups excluding carboxylic acids is 1. The third kappa shape index (κ3) is 3.47. The third-order valence-corrected chi connectivity index (χ3v) is 4.54. The fourth-order valence-electron chi connectivity index (χ4n) is 3.17. The molecule has 1 aliphatic rings. The van der Waals surface area contributed by atoms with E-state index >= 15 is 0 Å². The predicted octanol–water partition coefficient (Wildman–Crippen LogP) is 2.82. The van der Waals surface area contributed by atoms with E-state index in [1.54, 1.807) is 0 Å². The molecule has 0 radical (unpaired) electrons. The summed E-state index contributed by atoms with van der Waals surface area (Å²) >= 11 is 0. The number of benzene rings is 1. The summed E-state index contributed by atoms with van der Waals surface area (Å²) in [6.07, 6.45) is 0.835. The van der Waals surface area contributed by atoms with Crippen molar-refractivity contribution in [1.29, 1.82) is 0 Å². The molecule has 1 N–H and O–H groups in total. The molecule has 0 amide bonds. The number of hydrogen-bond acceptors (Lipinski definition) is 4. The SMILES string of the molecule is CCC(=O)C1(c2cccc(COC(=O)O)c2)CCN(C)CC1. The zero-order valence-corrected chi connectivity index (χ0v) is 13.2. The Balaban J connectivity index is 2.30. The molecule has 0 atom stereocenters. The predicted molar refractivity (Wildman–Crippen MR) is 83.0 cm³/mol. The Morgan fingerprint density at radius 3 is 2.59 bits per heavy atom. The lowest BCUT2D eigenvalue weighted by Crippen LogP contribution is -2.46. The van der Waals surface area contributed by atoms with E-state index in [1.165, 1.54) is 0 Å². The van der Waals surface area contributed by atoms with Gasteiger partial charge in [0.1, 0.15) is 12.4 Å². The van der Waals surface area contributed by atoms with Crippen LogP contribution in [0.25, 0.3) is 0 Å². The van der Waals surface area contributed by atoms with Crippen LogP contribution in [0, 0.1) is 0 Å². The molecule has 0 spiro atoms. The molecule has 2 rings (SSSR count). The van der Waals surface area contributed by atoms with Crippen molar-refractivity contribution in [1.82, 2.24) is 4.90 Å². The van der Waals surface area contributed by atoms with Crippen molar-refractivity contribution in [2.75, 3.05) is 20.1 Å². The molecule has 0 unspecified atom stereocenters. The van der Waals surface area contributed by atoms with Crippen molar-refractivity contribution < 1.29 is 19.4 Å². The Morgan fingerprint density at radius 2 is 2.00 bits per heavy atom. The van der Waals surface area contributed by atoms with E-state index < -0.39 is 11.6 Å². The van der Waals surface area contributed by atoms with E-state index in [-0.39, 0.29) is 12.4 Å². The van der Waals surface area contributed by atoms with Gasteiger partial charge in [0.05, 0.1) is 5.41 Å². The topological polar surface area (TPSA) is 66.8 Å². The average Bonchev–Trinajstić information content (AvgIpc) is 2.53. The normalized spacial score (nSPS) is 17.9. The molecular weight excluding hydrogens is 282 g/mol. The zero-order valence-electron chi connectivity index (χ0n) is 13.2. The summed E-state index contributed by atoms with van der Waals surface area (Å²) in [7, 11) is 2.07. The summed E-state index contributed by atoms with van der Waals surface area (Å²) in [6, 6.07) is 7.59. The molecule has 1 aromatic rings. The second-order valence-corrected chi connectivity index (χ2v) is 5.92. The van der Waals surface area contributed by atoms with Gasteiger partial charge in [0.15, 0.2) is 0 Å². The van der Waals surface area contributed by atoms with Crippen molar-refractivity contribution >= 4 is 11.9 Å². The smallest absolute Gasteiger partial charge is 0.450 e. The van der Waals surface area contributed by atoms with Crippen molar-refractivity contribution in [3.8, 4) is 0 Å². The van der Waals surface area contributed by atoms with Crippen LogP contribution >= 0.6 is 0 Å². The van der Waals surface area contributed by atoms with Gasteiger partial charge in [-0.25, -0.2) is 4.79 Å². The number of nitrogens with zero attached hydrogens (tertiary/aromatic N) is 1. The summed E-state index contributed by atoms with van der Waals surface area (Å²) < 4.78 is 4.63. The van der Waals surface area contributed by atoms with Gasteiger partial charge >= 0.3 is 6.16 Å². The van der Waals surface area contributed by atoms with E-state index in [4.69, 9.17) is 5.11 Å². The molecule has 1 aliphatic heterocycles. The van der Waals surface area contributed by atoms with Gasteiger partial charge in [-0.15, -0.1) is 0 Å². The Hall–Kier alpha value is -1.88. The largest absolute Gasteiger partial charge is 0.506 e. The molecular formula is C17H23NO4. The van der Waals surface area contributed by atoms with E-state index in [0.717, 1.165) is 37.1 Å². The summed E-state index contributed by atoms with van der Waals surface area (Å²) in [5, 5.41) is 8.62. The first-order valence-corrected chi connectivity index (χ1v) is 7.65. The molecule has 22 heavy (non-hydrogen) atoms. The van der Waals surface area contributed by atoms with E-state index in [0.29, 0.717) is 6.42 Å². The number of carboxylic acid groups (broad SMARTS) is 1. The second-order valence-electron chi connectivity index (χ2n) is 5.92. The molecule has 0 aliphatic carbocycles. The van der Waals surface area contributed by atoms with Gasteiger partial charge in [0.25, 0.3) is 0 Å². The minimum absolute atomic E-state index is 0.0134. The maximum atomic E-state index is 12.6. The fourth-order valence-corrected chi connectivity index (χ4v) is 3.17. The van der Waals surface area contributed by atoms with E-state index in [9.17, 15) is 9.59 Å². The van der Waals surface area contributed by atoms with Crippen LogP contribution in [-0.4, -0.2) is 42.1 Å². The Labute approximate surface area is 130 Å². The number of ketones is 1. The first kappa shape index (κ1) is 16.5. The van der Waals surface area contributed by atoms with Gasteiger partial charge in [-0.3, -0.25) is 4.79 Å². The maximum Gasteiger partial charge on any atom is 0.506 e. The summed E-state index contributed by atoms with van der Waals surface area (Å²) in [6.45, 7) is 3.70. The standard InChI is InChI=1S/C17H23NO4/c1-3-15(19)17(7-9-18(2)10-8-17)14-6-4-5-13(11-14)12-22-16(20)21/h4-6,11H,3,7-10,12H2,1-2H3,(H,20,21). The molecule has 1 heterocycles. The van der Waals surface area contributed by atoms with Crippen LogP contribution in [-0.2, 0) is 21.6 Å². The number of ether oxygens (including phenoxy) is 1. The summed E-state index contributed by atoms with van der Waals surface area (Å²) in [5.41, 5.74) is 1.32. The molecule has 1 saturated heterocycles. The highest BCUT2D eigenvalue weighted by atomic mass is 16.7. The van der Waals surface area contributed by atoms with Gasteiger partial charge in [0.2, 0.25) is 0 Å². The minimum atomic E-state index is -1.29. The van der Waals surface area contributed by atoms with E-state index in [1.807, 2.05) is 31.2 Å². The Morgan fingerprint density at radius 1 is 1.32 bits per heavy atom. The molecule has 5 heteroatoms. The lowest BCUT2D eigenvalue weighted by atomic mass is 9.69. The number of carbonyl (C=O) groups is 2. The van der Waals surface area contributed by atoms with Crippen LogP contribution in [0.15, 0.2) is 24.3 Å². The van der Waals surface area contributed by atoms with Crippen molar-refractivity contribution in [2.24, 2.45) is 0 Å².